The first-order chi connectivity index (χ1) is 11.2. The Labute approximate surface area is 136 Å². The number of rotatable bonds is 7. The van der Waals surface area contributed by atoms with E-state index in [0.717, 1.165) is 5.56 Å². The minimum atomic E-state index is -0.411. The maximum Gasteiger partial charge on any atom is 0.340 e. The quantitative estimate of drug-likeness (QED) is 0.580. The van der Waals surface area contributed by atoms with Crippen molar-refractivity contribution >= 4 is 12.0 Å². The molecule has 119 valence electrons. The molecule has 2 aromatic rings. The summed E-state index contributed by atoms with van der Waals surface area (Å²) in [6.07, 6.45) is 6.56. The first-order valence-corrected chi connectivity index (χ1v) is 7.55. The van der Waals surface area contributed by atoms with Gasteiger partial charge in [-0.25, -0.2) is 4.79 Å². The Morgan fingerprint density at radius 3 is 2.70 bits per heavy atom. The molecule has 2 rings (SSSR count). The van der Waals surface area contributed by atoms with Crippen LogP contribution in [0.2, 0.25) is 0 Å². The highest BCUT2D eigenvalue weighted by atomic mass is 16.6. The summed E-state index contributed by atoms with van der Waals surface area (Å²) in [5, 5.41) is 0. The summed E-state index contributed by atoms with van der Waals surface area (Å²) in [5.41, 5.74) is 1.87. The zero-order valence-electron chi connectivity index (χ0n) is 13.4. The predicted octanol–water partition coefficient (Wildman–Crippen LogP) is 3.53. The second kappa shape index (κ2) is 8.86. The van der Waals surface area contributed by atoms with E-state index in [2.05, 4.69) is 11.1 Å². The van der Waals surface area contributed by atoms with Gasteiger partial charge in [0.2, 0.25) is 0 Å². The summed E-state index contributed by atoms with van der Waals surface area (Å²) in [5.74, 6) is -0.411. The van der Waals surface area contributed by atoms with Crippen molar-refractivity contribution in [3.05, 3.63) is 71.6 Å². The Balaban J connectivity index is 2.02. The van der Waals surface area contributed by atoms with Crippen LogP contribution in [0, 0.1) is 6.08 Å². The van der Waals surface area contributed by atoms with Crippen LogP contribution in [0.1, 0.15) is 35.5 Å². The number of carbonyl (C=O) groups excluding carboxylic acids is 1. The van der Waals surface area contributed by atoms with Crippen molar-refractivity contribution in [2.45, 2.75) is 20.0 Å². The van der Waals surface area contributed by atoms with Crippen molar-refractivity contribution in [3.8, 4) is 0 Å². The number of aromatic nitrogens is 1. The summed E-state index contributed by atoms with van der Waals surface area (Å²) in [6, 6.07) is 13.1. The van der Waals surface area contributed by atoms with Crippen molar-refractivity contribution in [3.63, 3.8) is 0 Å². The zero-order chi connectivity index (χ0) is 16.5. The molecule has 0 bridgehead atoms. The van der Waals surface area contributed by atoms with Gasteiger partial charge in [-0.2, -0.15) is 0 Å². The van der Waals surface area contributed by atoms with Gasteiger partial charge in [-0.3, -0.25) is 4.98 Å². The highest BCUT2D eigenvalue weighted by molar-refractivity contribution is 5.92. The highest BCUT2D eigenvalue weighted by Gasteiger charge is 2.12. The Bertz CT molecular complexity index is 651. The SMILES string of the molecule is CC(C)OCCOC(=O)c1cccnc1C=[C]c1ccccc1. The van der Waals surface area contributed by atoms with Crippen LogP contribution in [0.4, 0.5) is 0 Å². The maximum absolute atomic E-state index is 12.2. The first-order valence-electron chi connectivity index (χ1n) is 7.55. The van der Waals surface area contributed by atoms with Gasteiger partial charge < -0.3 is 9.47 Å². The van der Waals surface area contributed by atoms with Gasteiger partial charge in [0.05, 0.1) is 24.0 Å². The van der Waals surface area contributed by atoms with Crippen molar-refractivity contribution in [1.29, 1.82) is 0 Å². The molecule has 1 aromatic carbocycles. The van der Waals surface area contributed by atoms with Crippen LogP contribution in [-0.2, 0) is 9.47 Å². The van der Waals surface area contributed by atoms with Crippen molar-refractivity contribution in [1.82, 2.24) is 4.98 Å². The van der Waals surface area contributed by atoms with Gasteiger partial charge in [0.25, 0.3) is 0 Å². The minimum Gasteiger partial charge on any atom is -0.460 e. The van der Waals surface area contributed by atoms with E-state index < -0.39 is 5.97 Å². The van der Waals surface area contributed by atoms with Crippen molar-refractivity contribution < 1.29 is 14.3 Å². The van der Waals surface area contributed by atoms with Crippen LogP contribution in [0.15, 0.2) is 48.7 Å². The molecule has 0 amide bonds. The summed E-state index contributed by atoms with van der Waals surface area (Å²) in [4.78, 5) is 16.4. The lowest BCUT2D eigenvalue weighted by atomic mass is 10.1. The standard InChI is InChI=1S/C19H20NO3/c1-15(2)22-13-14-23-19(21)17-9-6-12-20-18(17)11-10-16-7-4-3-5-8-16/h3-9,11-12,15H,13-14H2,1-2H3. The number of hydrogen-bond acceptors (Lipinski definition) is 4. The molecule has 0 unspecified atom stereocenters. The normalized spacial score (nSPS) is 11.1. The van der Waals surface area contributed by atoms with E-state index in [0.29, 0.717) is 17.9 Å². The van der Waals surface area contributed by atoms with Crippen LogP contribution >= 0.6 is 0 Å². The number of benzene rings is 1. The molecule has 0 atom stereocenters. The molecule has 1 aromatic heterocycles. The topological polar surface area (TPSA) is 48.4 Å². The third-order valence-corrected chi connectivity index (χ3v) is 2.98. The Morgan fingerprint density at radius 1 is 1.17 bits per heavy atom. The molecule has 0 aliphatic carbocycles. The van der Waals surface area contributed by atoms with Crippen LogP contribution in [-0.4, -0.2) is 30.3 Å². The number of carbonyl (C=O) groups is 1. The van der Waals surface area contributed by atoms with Gasteiger partial charge in [-0.15, -0.1) is 0 Å². The molecule has 0 saturated heterocycles. The molecule has 1 radical (unpaired) electrons. The van der Waals surface area contributed by atoms with E-state index in [1.807, 2.05) is 44.2 Å². The molecule has 0 spiro atoms. The lowest BCUT2D eigenvalue weighted by Gasteiger charge is -2.09. The maximum atomic E-state index is 12.2. The molecular formula is C19H20NO3. The molecule has 1 heterocycles. The average Bonchev–Trinajstić information content (AvgIpc) is 2.58. The summed E-state index contributed by atoms with van der Waals surface area (Å²) >= 11 is 0. The fraction of sp³-hybridized carbons (Fsp3) is 0.263. The molecule has 0 fully saturated rings. The number of nitrogens with zero attached hydrogens (tertiary/aromatic N) is 1. The lowest BCUT2D eigenvalue weighted by Crippen LogP contribution is -2.14. The third-order valence-electron chi connectivity index (χ3n) is 2.98. The predicted molar refractivity (Wildman–Crippen MR) is 88.9 cm³/mol. The van der Waals surface area contributed by atoms with Gasteiger partial charge in [-0.1, -0.05) is 30.3 Å². The van der Waals surface area contributed by atoms with Crippen LogP contribution in [0.3, 0.4) is 0 Å². The van der Waals surface area contributed by atoms with Gasteiger partial charge in [0.15, 0.2) is 0 Å². The van der Waals surface area contributed by atoms with Gasteiger partial charge in [0, 0.05) is 6.20 Å². The Hall–Kier alpha value is -2.46. The number of esters is 1. The molecule has 4 nitrogen and oxygen atoms in total. The summed E-state index contributed by atoms with van der Waals surface area (Å²) in [6.45, 7) is 4.47. The second-order valence-corrected chi connectivity index (χ2v) is 5.15. The third kappa shape index (κ3) is 5.68. The highest BCUT2D eigenvalue weighted by Crippen LogP contribution is 2.11. The molecule has 0 saturated carbocycles. The molecule has 0 N–H and O–H groups in total. The second-order valence-electron chi connectivity index (χ2n) is 5.15. The van der Waals surface area contributed by atoms with Crippen molar-refractivity contribution in [2.75, 3.05) is 13.2 Å². The fourth-order valence-corrected chi connectivity index (χ4v) is 1.89. The minimum absolute atomic E-state index is 0.117. The van der Waals surface area contributed by atoms with E-state index in [4.69, 9.17) is 9.47 Å². The zero-order valence-corrected chi connectivity index (χ0v) is 13.4. The van der Waals surface area contributed by atoms with E-state index in [1.54, 1.807) is 24.4 Å². The van der Waals surface area contributed by atoms with Crippen LogP contribution in [0.5, 0.6) is 0 Å². The Morgan fingerprint density at radius 2 is 1.96 bits per heavy atom. The van der Waals surface area contributed by atoms with E-state index in [9.17, 15) is 4.79 Å². The van der Waals surface area contributed by atoms with Gasteiger partial charge in [0.1, 0.15) is 6.61 Å². The van der Waals surface area contributed by atoms with Crippen LogP contribution in [0.25, 0.3) is 6.08 Å². The smallest absolute Gasteiger partial charge is 0.340 e. The van der Waals surface area contributed by atoms with Gasteiger partial charge in [-0.05, 0) is 43.7 Å². The molecule has 23 heavy (non-hydrogen) atoms. The molecule has 0 aliphatic heterocycles. The lowest BCUT2D eigenvalue weighted by molar-refractivity contribution is 0.0176. The number of hydrogen-bond donors (Lipinski definition) is 0. The first kappa shape index (κ1) is 16.9. The van der Waals surface area contributed by atoms with E-state index >= 15 is 0 Å². The fourth-order valence-electron chi connectivity index (χ4n) is 1.89. The van der Waals surface area contributed by atoms with E-state index in [1.165, 1.54) is 0 Å². The molecule has 0 aliphatic rings. The average molecular weight is 310 g/mol. The Kier molecular flexibility index (Phi) is 6.51. The number of pyridine rings is 1. The summed E-state index contributed by atoms with van der Waals surface area (Å²) < 4.78 is 10.6. The monoisotopic (exact) mass is 310 g/mol. The molecule has 4 heteroatoms. The van der Waals surface area contributed by atoms with Gasteiger partial charge >= 0.3 is 5.97 Å². The van der Waals surface area contributed by atoms with E-state index in [-0.39, 0.29) is 12.7 Å². The van der Waals surface area contributed by atoms with Crippen molar-refractivity contribution in [2.24, 2.45) is 0 Å². The summed E-state index contributed by atoms with van der Waals surface area (Å²) in [7, 11) is 0. The molecular weight excluding hydrogens is 290 g/mol. The van der Waals surface area contributed by atoms with Crippen LogP contribution < -0.4 is 0 Å². The largest absolute Gasteiger partial charge is 0.460 e. The number of ether oxygens (including phenoxy) is 2.